The van der Waals surface area contributed by atoms with E-state index in [4.69, 9.17) is 0 Å². The first kappa shape index (κ1) is 8.05. The summed E-state index contributed by atoms with van der Waals surface area (Å²) in [5.41, 5.74) is 2.49. The van der Waals surface area contributed by atoms with Crippen LogP contribution in [0.1, 0.15) is 6.92 Å². The minimum absolute atomic E-state index is 1.24. The lowest BCUT2D eigenvalue weighted by atomic mass is 10.3. The molecule has 0 N–H and O–H groups in total. The topological polar surface area (TPSA) is 8.81 Å². The molecule has 1 aromatic carbocycles. The number of para-hydroxylation sites is 2. The van der Waals surface area contributed by atoms with E-state index >= 15 is 0 Å². The first-order chi connectivity index (χ1) is 6.33. The van der Waals surface area contributed by atoms with Crippen molar-refractivity contribution in [1.29, 1.82) is 0 Å². The minimum Gasteiger partial charge on any atom is -0.232 e. The van der Waals surface area contributed by atoms with E-state index in [2.05, 4.69) is 53.0 Å². The Morgan fingerprint density at radius 2 is 2.08 bits per heavy atom. The second-order valence-electron chi connectivity index (χ2n) is 3.10. The van der Waals surface area contributed by atoms with E-state index in [0.29, 0.717) is 0 Å². The highest BCUT2D eigenvalue weighted by Crippen LogP contribution is 2.09. The average molecular weight is 173 g/mol. The van der Waals surface area contributed by atoms with Gasteiger partial charge in [0.15, 0.2) is 11.0 Å². The predicted molar refractivity (Wildman–Crippen MR) is 54.1 cm³/mol. The highest BCUT2D eigenvalue weighted by atomic mass is 15.1. The number of aryl methyl sites for hydroxylation is 1. The predicted octanol–water partition coefficient (Wildman–Crippen LogP) is 1.96. The van der Waals surface area contributed by atoms with Gasteiger partial charge in [-0.1, -0.05) is 12.1 Å². The van der Waals surface area contributed by atoms with Gasteiger partial charge in [0.1, 0.15) is 0 Å². The number of aromatic nitrogens is 2. The third-order valence-electron chi connectivity index (χ3n) is 2.15. The number of imidazole rings is 1. The molecule has 0 unspecified atom stereocenters. The molecule has 2 nitrogen and oxygen atoms in total. The maximum atomic E-state index is 2.12. The summed E-state index contributed by atoms with van der Waals surface area (Å²) in [6.45, 7) is 2.02. The molecule has 0 atom stereocenters. The molecule has 0 saturated heterocycles. The van der Waals surface area contributed by atoms with Crippen molar-refractivity contribution in [2.24, 2.45) is 7.05 Å². The van der Waals surface area contributed by atoms with Gasteiger partial charge in [0, 0.05) is 0 Å². The Labute approximate surface area is 77.7 Å². The van der Waals surface area contributed by atoms with Crippen molar-refractivity contribution in [1.82, 2.24) is 4.57 Å². The van der Waals surface area contributed by atoms with Crippen LogP contribution in [0.5, 0.6) is 0 Å². The fraction of sp³-hybridized carbons (Fsp3) is 0.182. The van der Waals surface area contributed by atoms with Crippen LogP contribution in [-0.4, -0.2) is 4.57 Å². The van der Waals surface area contributed by atoms with Gasteiger partial charge in [-0.15, -0.1) is 0 Å². The van der Waals surface area contributed by atoms with Gasteiger partial charge in [-0.05, 0) is 25.1 Å². The molecule has 0 aliphatic heterocycles. The summed E-state index contributed by atoms with van der Waals surface area (Å²) in [6, 6.07) is 8.36. The summed E-state index contributed by atoms with van der Waals surface area (Å²) in [4.78, 5) is 0. The van der Waals surface area contributed by atoms with Crippen molar-refractivity contribution in [3.05, 3.63) is 36.7 Å². The fourth-order valence-electron chi connectivity index (χ4n) is 1.57. The summed E-state index contributed by atoms with van der Waals surface area (Å²) in [5, 5.41) is 0. The molecule has 0 aliphatic carbocycles. The molecule has 2 aromatic rings. The highest BCUT2D eigenvalue weighted by Gasteiger charge is 2.08. The summed E-state index contributed by atoms with van der Waals surface area (Å²) < 4.78 is 4.24. The molecule has 2 heteroatoms. The van der Waals surface area contributed by atoms with Crippen LogP contribution in [0.4, 0.5) is 0 Å². The summed E-state index contributed by atoms with van der Waals surface area (Å²) >= 11 is 0. The zero-order chi connectivity index (χ0) is 9.26. The lowest BCUT2D eigenvalue weighted by Crippen LogP contribution is -2.25. The SMILES string of the molecule is CC=Cn1c[n+](C)c2ccccc21. The van der Waals surface area contributed by atoms with Gasteiger partial charge in [0.25, 0.3) is 0 Å². The van der Waals surface area contributed by atoms with E-state index in [1.165, 1.54) is 11.0 Å². The van der Waals surface area contributed by atoms with Crippen LogP contribution in [0.2, 0.25) is 0 Å². The second-order valence-corrected chi connectivity index (χ2v) is 3.10. The maximum absolute atomic E-state index is 2.12. The van der Waals surface area contributed by atoms with Crippen LogP contribution in [0.25, 0.3) is 17.2 Å². The third-order valence-corrected chi connectivity index (χ3v) is 2.15. The summed E-state index contributed by atoms with van der Waals surface area (Å²) in [7, 11) is 2.06. The van der Waals surface area contributed by atoms with E-state index < -0.39 is 0 Å². The van der Waals surface area contributed by atoms with E-state index in [-0.39, 0.29) is 0 Å². The van der Waals surface area contributed by atoms with E-state index in [1.807, 2.05) is 13.0 Å². The number of hydrogen-bond acceptors (Lipinski definition) is 0. The third kappa shape index (κ3) is 1.24. The Hall–Kier alpha value is -1.57. The standard InChI is InChI=1S/C11H13N2/c1-3-8-13-9-12(2)10-6-4-5-7-11(10)13/h3-9H,1-2H3/q+1. The van der Waals surface area contributed by atoms with Crippen molar-refractivity contribution < 1.29 is 4.57 Å². The Balaban J connectivity index is 2.77. The van der Waals surface area contributed by atoms with Gasteiger partial charge in [-0.3, -0.25) is 0 Å². The maximum Gasteiger partial charge on any atom is 0.249 e. The van der Waals surface area contributed by atoms with Gasteiger partial charge in [0.2, 0.25) is 6.33 Å². The number of benzene rings is 1. The number of allylic oxidation sites excluding steroid dienone is 1. The molecule has 2 rings (SSSR count). The lowest BCUT2D eigenvalue weighted by Gasteiger charge is -1.85. The molecular formula is C11H13N2+. The Bertz CT molecular complexity index is 452. The van der Waals surface area contributed by atoms with E-state index in [1.54, 1.807) is 0 Å². The van der Waals surface area contributed by atoms with Crippen molar-refractivity contribution in [3.63, 3.8) is 0 Å². The largest absolute Gasteiger partial charge is 0.249 e. The minimum atomic E-state index is 1.24. The average Bonchev–Trinajstić information content (AvgIpc) is 2.46. The zero-order valence-electron chi connectivity index (χ0n) is 7.94. The molecule has 0 radical (unpaired) electrons. The van der Waals surface area contributed by atoms with Gasteiger partial charge in [-0.25, -0.2) is 9.13 Å². The first-order valence-electron chi connectivity index (χ1n) is 4.41. The van der Waals surface area contributed by atoms with Crippen molar-refractivity contribution in [2.45, 2.75) is 6.92 Å². The van der Waals surface area contributed by atoms with Crippen molar-refractivity contribution in [3.8, 4) is 0 Å². The van der Waals surface area contributed by atoms with Crippen LogP contribution in [0.3, 0.4) is 0 Å². The second kappa shape index (κ2) is 3.05. The zero-order valence-corrected chi connectivity index (χ0v) is 7.94. The first-order valence-corrected chi connectivity index (χ1v) is 4.41. The van der Waals surface area contributed by atoms with Crippen LogP contribution in [-0.2, 0) is 7.05 Å². The van der Waals surface area contributed by atoms with Crippen LogP contribution >= 0.6 is 0 Å². The van der Waals surface area contributed by atoms with Gasteiger partial charge < -0.3 is 0 Å². The number of rotatable bonds is 1. The van der Waals surface area contributed by atoms with E-state index in [9.17, 15) is 0 Å². The molecule has 0 amide bonds. The molecule has 0 saturated carbocycles. The van der Waals surface area contributed by atoms with Crippen LogP contribution in [0.15, 0.2) is 36.7 Å². The smallest absolute Gasteiger partial charge is 0.232 e. The molecule has 0 aliphatic rings. The molecule has 1 heterocycles. The molecule has 1 aromatic heterocycles. The Morgan fingerprint density at radius 1 is 1.31 bits per heavy atom. The normalized spacial score (nSPS) is 11.5. The van der Waals surface area contributed by atoms with Gasteiger partial charge in [0.05, 0.1) is 13.2 Å². The Kier molecular flexibility index (Phi) is 1.89. The van der Waals surface area contributed by atoms with Crippen LogP contribution in [0, 0.1) is 0 Å². The van der Waals surface area contributed by atoms with Crippen LogP contribution < -0.4 is 4.57 Å². The summed E-state index contributed by atoms with van der Waals surface area (Å²) in [5.74, 6) is 0. The number of nitrogens with zero attached hydrogens (tertiary/aromatic N) is 2. The molecule has 0 spiro atoms. The highest BCUT2D eigenvalue weighted by molar-refractivity contribution is 5.73. The molecule has 0 bridgehead atoms. The van der Waals surface area contributed by atoms with Gasteiger partial charge >= 0.3 is 0 Å². The summed E-state index contributed by atoms with van der Waals surface area (Å²) in [6.07, 6.45) is 6.17. The quantitative estimate of drug-likeness (QED) is 0.583. The molecular weight excluding hydrogens is 160 g/mol. The Morgan fingerprint density at radius 3 is 2.85 bits per heavy atom. The molecule has 13 heavy (non-hydrogen) atoms. The van der Waals surface area contributed by atoms with Crippen molar-refractivity contribution >= 4 is 17.2 Å². The molecule has 0 fully saturated rings. The van der Waals surface area contributed by atoms with Gasteiger partial charge in [-0.2, -0.15) is 0 Å². The van der Waals surface area contributed by atoms with E-state index in [0.717, 1.165) is 0 Å². The molecule has 66 valence electrons. The number of hydrogen-bond donors (Lipinski definition) is 0. The number of fused-ring (bicyclic) bond motifs is 1. The van der Waals surface area contributed by atoms with Crippen molar-refractivity contribution in [2.75, 3.05) is 0 Å². The fourth-order valence-corrected chi connectivity index (χ4v) is 1.57. The monoisotopic (exact) mass is 173 g/mol. The lowest BCUT2D eigenvalue weighted by molar-refractivity contribution is -0.645.